The van der Waals surface area contributed by atoms with Crippen LogP contribution in [0.3, 0.4) is 0 Å². The number of hydrogen-bond acceptors (Lipinski definition) is 9. The highest BCUT2D eigenvalue weighted by Crippen LogP contribution is 2.71. The van der Waals surface area contributed by atoms with Crippen LogP contribution in [0, 0.1) is 29.1 Å². The summed E-state index contributed by atoms with van der Waals surface area (Å²) in [6.07, 6.45) is 0. The zero-order valence-corrected chi connectivity index (χ0v) is 30.4. The molecule has 0 unspecified atom stereocenters. The van der Waals surface area contributed by atoms with Crippen molar-refractivity contribution >= 4 is 32.4 Å². The summed E-state index contributed by atoms with van der Waals surface area (Å²) >= 11 is 0. The molecule has 0 aromatic heterocycles. The van der Waals surface area contributed by atoms with Crippen LogP contribution in [0.4, 0.5) is 22.0 Å². The van der Waals surface area contributed by atoms with Crippen LogP contribution in [0.15, 0.2) is 98.4 Å². The first-order chi connectivity index (χ1) is 24.1. The summed E-state index contributed by atoms with van der Waals surface area (Å²) in [5.41, 5.74) is -1.67. The molecule has 0 aliphatic heterocycles. The molecule has 280 valence electrons. The molecule has 0 fully saturated rings. The standard InChI is InChI=1S/C36H35F5O9S2/c1-35(2,3)48-27(42)20-46-22-12-10-16-25(18-22)51(24-14-8-7-9-15-24,26-17-11-13-23(19-26)47-21-28(43)49-36(4,5)6)50-52(44,45)34-32(40)30(38)29(37)31(39)33(34)41/h7-19H,20-21H2,1-6H3. The third kappa shape index (κ3) is 9.40. The van der Waals surface area contributed by atoms with Crippen molar-refractivity contribution in [2.75, 3.05) is 13.2 Å². The van der Waals surface area contributed by atoms with Gasteiger partial charge < -0.3 is 18.9 Å². The number of hydrogen-bond donors (Lipinski definition) is 0. The van der Waals surface area contributed by atoms with Gasteiger partial charge in [0.25, 0.3) is 0 Å². The number of carbonyl (C=O) groups is 2. The number of benzene rings is 4. The van der Waals surface area contributed by atoms with E-state index in [2.05, 4.69) is 0 Å². The second-order valence-electron chi connectivity index (χ2n) is 13.0. The molecular formula is C36H35F5O9S2. The first-order valence-electron chi connectivity index (χ1n) is 15.4. The molecule has 0 aliphatic carbocycles. The molecule has 0 atom stereocenters. The molecule has 16 heteroatoms. The highest BCUT2D eigenvalue weighted by atomic mass is 32.3. The van der Waals surface area contributed by atoms with Crippen molar-refractivity contribution in [2.45, 2.75) is 72.3 Å². The van der Waals surface area contributed by atoms with Gasteiger partial charge >= 0.3 is 22.1 Å². The zero-order chi connectivity index (χ0) is 38.6. The molecule has 0 radical (unpaired) electrons. The quantitative estimate of drug-likeness (QED) is 0.0606. The second kappa shape index (κ2) is 15.5. The van der Waals surface area contributed by atoms with Gasteiger partial charge in [-0.2, -0.15) is 8.42 Å². The topological polar surface area (TPSA) is 114 Å². The molecular weight excluding hydrogens is 736 g/mol. The predicted molar refractivity (Wildman–Crippen MR) is 179 cm³/mol. The SMILES string of the molecule is CC(C)(C)OC(=O)COc1cccc(S(OS(=O)(=O)c2c(F)c(F)c(F)c(F)c2F)(c2ccccc2)c2cccc(OCC(=O)OC(C)(C)C)c2)c1. The Hall–Kier alpha value is -4.67. The summed E-state index contributed by atoms with van der Waals surface area (Å²) in [6, 6.07) is 18.4. The van der Waals surface area contributed by atoms with Crippen molar-refractivity contribution in [1.29, 1.82) is 0 Å². The monoisotopic (exact) mass is 770 g/mol. The molecule has 52 heavy (non-hydrogen) atoms. The predicted octanol–water partition coefficient (Wildman–Crippen LogP) is 8.43. The average molecular weight is 771 g/mol. The number of rotatable bonds is 12. The normalized spacial score (nSPS) is 12.6. The fourth-order valence-corrected chi connectivity index (χ4v) is 9.99. The van der Waals surface area contributed by atoms with E-state index >= 15 is 8.78 Å². The lowest BCUT2D eigenvalue weighted by atomic mass is 10.2. The average Bonchev–Trinajstić information content (AvgIpc) is 3.06. The van der Waals surface area contributed by atoms with Crippen LogP contribution >= 0.6 is 10.3 Å². The van der Waals surface area contributed by atoms with Crippen LogP contribution in [0.1, 0.15) is 41.5 Å². The van der Waals surface area contributed by atoms with Crippen molar-refractivity contribution in [3.05, 3.63) is 108 Å². The van der Waals surface area contributed by atoms with Gasteiger partial charge in [0.1, 0.15) is 22.7 Å². The van der Waals surface area contributed by atoms with E-state index in [-0.39, 0.29) is 26.2 Å². The van der Waals surface area contributed by atoms with E-state index < -0.39 is 90.8 Å². The molecule has 0 aliphatic rings. The van der Waals surface area contributed by atoms with Gasteiger partial charge in [0.2, 0.25) is 5.82 Å². The maximum atomic E-state index is 15.1. The van der Waals surface area contributed by atoms with E-state index in [4.69, 9.17) is 22.6 Å². The van der Waals surface area contributed by atoms with Gasteiger partial charge in [-0.25, -0.2) is 35.2 Å². The first-order valence-corrected chi connectivity index (χ1v) is 18.4. The van der Waals surface area contributed by atoms with Gasteiger partial charge in [0.05, 0.1) is 0 Å². The largest absolute Gasteiger partial charge is 0.482 e. The highest BCUT2D eigenvalue weighted by molar-refractivity contribution is 8.33. The summed E-state index contributed by atoms with van der Waals surface area (Å²) in [7, 11) is -9.73. The molecule has 0 heterocycles. The third-order valence-electron chi connectivity index (χ3n) is 6.51. The number of esters is 2. The third-order valence-corrected chi connectivity index (χ3v) is 11.7. The van der Waals surface area contributed by atoms with Gasteiger partial charge in [-0.15, -0.1) is 0 Å². The van der Waals surface area contributed by atoms with Crippen molar-refractivity contribution in [3.63, 3.8) is 0 Å². The summed E-state index contributed by atoms with van der Waals surface area (Å²) in [4.78, 5) is 22.6. The molecule has 9 nitrogen and oxygen atoms in total. The van der Waals surface area contributed by atoms with Crippen LogP contribution < -0.4 is 9.47 Å². The fourth-order valence-electron chi connectivity index (χ4n) is 4.62. The molecule has 4 rings (SSSR count). The van der Waals surface area contributed by atoms with E-state index in [1.807, 2.05) is 0 Å². The number of halogens is 5. The summed E-state index contributed by atoms with van der Waals surface area (Å²) in [5.74, 6) is -14.3. The summed E-state index contributed by atoms with van der Waals surface area (Å²) < 4.78 is 128. The van der Waals surface area contributed by atoms with Crippen LogP contribution in [0.5, 0.6) is 11.5 Å². The molecule has 0 bridgehead atoms. The molecule has 4 aromatic rings. The van der Waals surface area contributed by atoms with Crippen LogP contribution in [0.25, 0.3) is 0 Å². The van der Waals surface area contributed by atoms with E-state index in [1.54, 1.807) is 47.6 Å². The Balaban J connectivity index is 1.96. The van der Waals surface area contributed by atoms with Gasteiger partial charge in [-0.1, -0.05) is 30.3 Å². The van der Waals surface area contributed by atoms with Crippen molar-refractivity contribution < 1.29 is 62.5 Å². The molecule has 0 saturated heterocycles. The maximum absolute atomic E-state index is 15.1. The number of ether oxygens (including phenoxy) is 4. The fraction of sp³-hybridized carbons (Fsp3) is 0.278. The van der Waals surface area contributed by atoms with Crippen molar-refractivity contribution in [2.24, 2.45) is 0 Å². The van der Waals surface area contributed by atoms with Crippen molar-refractivity contribution in [3.8, 4) is 11.5 Å². The van der Waals surface area contributed by atoms with Gasteiger partial charge in [-0.05, 0) is 100 Å². The van der Waals surface area contributed by atoms with E-state index in [0.29, 0.717) is 0 Å². The van der Waals surface area contributed by atoms with Crippen LogP contribution in [-0.4, -0.2) is 44.8 Å². The maximum Gasteiger partial charge on any atom is 0.344 e. The van der Waals surface area contributed by atoms with Gasteiger partial charge in [0, 0.05) is 14.7 Å². The Bertz CT molecular complexity index is 1960. The minimum Gasteiger partial charge on any atom is -0.482 e. The first kappa shape index (κ1) is 40.1. The lowest BCUT2D eigenvalue weighted by molar-refractivity contribution is -0.158. The highest BCUT2D eigenvalue weighted by Gasteiger charge is 2.43. The molecule has 0 spiro atoms. The summed E-state index contributed by atoms with van der Waals surface area (Å²) in [5, 5.41) is 0. The number of carbonyl (C=O) groups excluding carboxylic acids is 2. The molecule has 0 amide bonds. The minimum absolute atomic E-state index is 0.00859. The Morgan fingerprint density at radius 3 is 1.35 bits per heavy atom. The molecule has 0 N–H and O–H groups in total. The minimum atomic E-state index is -5.89. The van der Waals surface area contributed by atoms with Gasteiger partial charge in [-0.3, -0.25) is 0 Å². The molecule has 4 aromatic carbocycles. The lowest BCUT2D eigenvalue weighted by Crippen LogP contribution is -2.27. The smallest absolute Gasteiger partial charge is 0.344 e. The van der Waals surface area contributed by atoms with Gasteiger partial charge in [0.15, 0.2) is 41.4 Å². The van der Waals surface area contributed by atoms with E-state index in [1.165, 1.54) is 72.8 Å². The van der Waals surface area contributed by atoms with Crippen LogP contribution in [-0.2, 0) is 32.8 Å². The van der Waals surface area contributed by atoms with Crippen molar-refractivity contribution in [1.82, 2.24) is 0 Å². The van der Waals surface area contributed by atoms with E-state index in [0.717, 1.165) is 0 Å². The second-order valence-corrected chi connectivity index (χ2v) is 17.4. The zero-order valence-electron chi connectivity index (χ0n) is 28.8. The Morgan fingerprint density at radius 2 is 0.942 bits per heavy atom. The Labute approximate surface area is 299 Å². The molecule has 0 saturated carbocycles. The lowest BCUT2D eigenvalue weighted by Gasteiger charge is -2.39. The van der Waals surface area contributed by atoms with E-state index in [9.17, 15) is 31.2 Å². The Morgan fingerprint density at radius 1 is 0.558 bits per heavy atom. The summed E-state index contributed by atoms with van der Waals surface area (Å²) in [6.45, 7) is 8.74. The Kier molecular flexibility index (Phi) is 12.0. The van der Waals surface area contributed by atoms with Crippen LogP contribution in [0.2, 0.25) is 0 Å².